The first-order valence-electron chi connectivity index (χ1n) is 9.05. The van der Waals surface area contributed by atoms with E-state index in [1.807, 2.05) is 48.5 Å². The highest BCUT2D eigenvalue weighted by Gasteiger charge is 2.12. The minimum Gasteiger partial charge on any atom is -0.497 e. The Morgan fingerprint density at radius 3 is 2.17 bits per heavy atom. The predicted molar refractivity (Wildman–Crippen MR) is 113 cm³/mol. The highest BCUT2D eigenvalue weighted by atomic mass is 16.5. The number of rotatable bonds is 5. The fourth-order valence-electron chi connectivity index (χ4n) is 3.10. The first-order chi connectivity index (χ1) is 14.2. The molecule has 0 unspecified atom stereocenters. The summed E-state index contributed by atoms with van der Waals surface area (Å²) < 4.78 is 9.97. The molecule has 0 saturated carbocycles. The van der Waals surface area contributed by atoms with Crippen LogP contribution in [0, 0.1) is 0 Å². The second-order valence-corrected chi connectivity index (χ2v) is 6.37. The van der Waals surface area contributed by atoms with Gasteiger partial charge in [0.05, 0.1) is 19.8 Å². The van der Waals surface area contributed by atoms with Gasteiger partial charge in [0.2, 0.25) is 0 Å². The zero-order chi connectivity index (χ0) is 20.2. The fraction of sp³-hybridized carbons (Fsp3) is 0.0870. The molecular weight excluding hydrogens is 366 g/mol. The van der Waals surface area contributed by atoms with Crippen LogP contribution in [-0.4, -0.2) is 30.4 Å². The summed E-state index contributed by atoms with van der Waals surface area (Å²) >= 11 is 0. The molecule has 4 rings (SSSR count). The number of esters is 1. The molecule has 0 aliphatic heterocycles. The van der Waals surface area contributed by atoms with Gasteiger partial charge in [-0.2, -0.15) is 0 Å². The highest BCUT2D eigenvalue weighted by molar-refractivity contribution is 6.01. The van der Waals surface area contributed by atoms with Gasteiger partial charge in [-0.25, -0.2) is 4.79 Å². The number of ether oxygens (including phenoxy) is 2. The topological polar surface area (TPSA) is 73.3 Å². The van der Waals surface area contributed by atoms with E-state index < -0.39 is 0 Å². The average molecular weight is 385 g/mol. The average Bonchev–Trinajstić information content (AvgIpc) is 2.79. The third-order valence-corrected chi connectivity index (χ3v) is 4.62. The summed E-state index contributed by atoms with van der Waals surface area (Å²) in [6.45, 7) is 0. The second-order valence-electron chi connectivity index (χ2n) is 6.37. The van der Waals surface area contributed by atoms with Crippen molar-refractivity contribution in [2.45, 2.75) is 0 Å². The van der Waals surface area contributed by atoms with Crippen molar-refractivity contribution in [2.24, 2.45) is 0 Å². The van der Waals surface area contributed by atoms with Gasteiger partial charge in [0.25, 0.3) is 0 Å². The summed E-state index contributed by atoms with van der Waals surface area (Å²) in [6.07, 6.45) is 0. The molecular formula is C23H19N3O3. The lowest BCUT2D eigenvalue weighted by Crippen LogP contribution is -2.02. The van der Waals surface area contributed by atoms with Crippen molar-refractivity contribution in [3.05, 3.63) is 78.4 Å². The van der Waals surface area contributed by atoms with Gasteiger partial charge < -0.3 is 14.8 Å². The van der Waals surface area contributed by atoms with Crippen LogP contribution in [0.15, 0.2) is 72.8 Å². The Hall–Kier alpha value is -3.93. The molecule has 144 valence electrons. The normalized spacial score (nSPS) is 10.6. The zero-order valence-electron chi connectivity index (χ0n) is 16.0. The monoisotopic (exact) mass is 385 g/mol. The van der Waals surface area contributed by atoms with Crippen molar-refractivity contribution in [3.8, 4) is 17.0 Å². The molecule has 4 aromatic rings. The van der Waals surface area contributed by atoms with E-state index in [1.54, 1.807) is 31.4 Å². The van der Waals surface area contributed by atoms with E-state index >= 15 is 0 Å². The van der Waals surface area contributed by atoms with Gasteiger partial charge in [0.15, 0.2) is 5.82 Å². The molecule has 0 bridgehead atoms. The van der Waals surface area contributed by atoms with E-state index in [9.17, 15) is 4.79 Å². The van der Waals surface area contributed by atoms with Gasteiger partial charge in [0.1, 0.15) is 11.4 Å². The Balaban J connectivity index is 1.70. The van der Waals surface area contributed by atoms with Gasteiger partial charge in [0, 0.05) is 22.0 Å². The molecule has 1 heterocycles. The van der Waals surface area contributed by atoms with E-state index in [0.717, 1.165) is 33.5 Å². The van der Waals surface area contributed by atoms with Crippen LogP contribution in [0.3, 0.4) is 0 Å². The molecule has 0 aliphatic rings. The van der Waals surface area contributed by atoms with Crippen molar-refractivity contribution in [2.75, 3.05) is 19.5 Å². The Labute approximate surface area is 168 Å². The van der Waals surface area contributed by atoms with Crippen molar-refractivity contribution >= 4 is 28.2 Å². The lowest BCUT2D eigenvalue weighted by molar-refractivity contribution is 0.0601. The van der Waals surface area contributed by atoms with E-state index in [-0.39, 0.29) is 5.97 Å². The summed E-state index contributed by atoms with van der Waals surface area (Å²) in [5, 5.41) is 14.1. The number of hydrogen-bond donors (Lipinski definition) is 1. The number of carbonyl (C=O) groups excluding carboxylic acids is 1. The molecule has 1 aromatic heterocycles. The van der Waals surface area contributed by atoms with E-state index in [2.05, 4.69) is 15.5 Å². The largest absolute Gasteiger partial charge is 0.497 e. The Kier molecular flexibility index (Phi) is 5.07. The molecule has 0 spiro atoms. The SMILES string of the molecule is COC(=O)c1ccc(Nc2nnc(-c3ccc(OC)cc3)c3ccccc23)cc1. The van der Waals surface area contributed by atoms with E-state index in [0.29, 0.717) is 11.4 Å². The lowest BCUT2D eigenvalue weighted by Gasteiger charge is -2.12. The number of anilines is 2. The number of benzene rings is 3. The number of nitrogens with one attached hydrogen (secondary N) is 1. The zero-order valence-corrected chi connectivity index (χ0v) is 16.0. The number of methoxy groups -OCH3 is 2. The van der Waals surface area contributed by atoms with Gasteiger partial charge >= 0.3 is 5.97 Å². The number of nitrogens with zero attached hydrogens (tertiary/aromatic N) is 2. The molecule has 0 saturated heterocycles. The fourth-order valence-corrected chi connectivity index (χ4v) is 3.10. The van der Waals surface area contributed by atoms with Crippen molar-refractivity contribution in [3.63, 3.8) is 0 Å². The predicted octanol–water partition coefficient (Wildman–Crippen LogP) is 4.84. The Bertz CT molecular complexity index is 1160. The number of hydrogen-bond acceptors (Lipinski definition) is 6. The van der Waals surface area contributed by atoms with Crippen LogP contribution >= 0.6 is 0 Å². The number of aromatic nitrogens is 2. The summed E-state index contributed by atoms with van der Waals surface area (Å²) in [5.41, 5.74) is 3.05. The standard InChI is InChI=1S/C23H19N3O3/c1-28-18-13-9-15(10-14-18)21-19-5-3-4-6-20(19)22(26-25-21)24-17-11-7-16(8-12-17)23(27)29-2/h3-14H,1-2H3,(H,24,26). The smallest absolute Gasteiger partial charge is 0.337 e. The minimum absolute atomic E-state index is 0.370. The van der Waals surface area contributed by atoms with Crippen molar-refractivity contribution in [1.82, 2.24) is 10.2 Å². The summed E-state index contributed by atoms with van der Waals surface area (Å²) in [7, 11) is 3.00. The summed E-state index contributed by atoms with van der Waals surface area (Å²) in [6, 6.07) is 22.7. The summed E-state index contributed by atoms with van der Waals surface area (Å²) in [5.74, 6) is 1.06. The van der Waals surface area contributed by atoms with Gasteiger partial charge in [-0.1, -0.05) is 24.3 Å². The van der Waals surface area contributed by atoms with Crippen LogP contribution in [-0.2, 0) is 4.74 Å². The van der Waals surface area contributed by atoms with Gasteiger partial charge in [-0.3, -0.25) is 0 Å². The Morgan fingerprint density at radius 2 is 1.52 bits per heavy atom. The maximum atomic E-state index is 11.6. The molecule has 6 heteroatoms. The molecule has 29 heavy (non-hydrogen) atoms. The second kappa shape index (κ2) is 7.98. The van der Waals surface area contributed by atoms with Crippen LogP contribution in [0.5, 0.6) is 5.75 Å². The summed E-state index contributed by atoms with van der Waals surface area (Å²) in [4.78, 5) is 11.6. The van der Waals surface area contributed by atoms with E-state index in [4.69, 9.17) is 9.47 Å². The molecule has 1 N–H and O–H groups in total. The molecule has 3 aromatic carbocycles. The van der Waals surface area contributed by atoms with Crippen LogP contribution in [0.2, 0.25) is 0 Å². The quantitative estimate of drug-likeness (QED) is 0.496. The van der Waals surface area contributed by atoms with Crippen molar-refractivity contribution < 1.29 is 14.3 Å². The van der Waals surface area contributed by atoms with Crippen molar-refractivity contribution in [1.29, 1.82) is 0 Å². The highest BCUT2D eigenvalue weighted by Crippen LogP contribution is 2.31. The molecule has 0 fully saturated rings. The molecule has 0 amide bonds. The third kappa shape index (κ3) is 3.73. The van der Waals surface area contributed by atoms with Gasteiger partial charge in [-0.05, 0) is 48.5 Å². The van der Waals surface area contributed by atoms with Crippen LogP contribution in [0.1, 0.15) is 10.4 Å². The van der Waals surface area contributed by atoms with Crippen LogP contribution in [0.25, 0.3) is 22.0 Å². The molecule has 0 aliphatic carbocycles. The van der Waals surface area contributed by atoms with Gasteiger partial charge in [-0.15, -0.1) is 10.2 Å². The maximum Gasteiger partial charge on any atom is 0.337 e. The molecule has 0 atom stereocenters. The minimum atomic E-state index is -0.370. The Morgan fingerprint density at radius 1 is 0.828 bits per heavy atom. The third-order valence-electron chi connectivity index (χ3n) is 4.62. The number of carbonyl (C=O) groups is 1. The first-order valence-corrected chi connectivity index (χ1v) is 9.05. The molecule has 6 nitrogen and oxygen atoms in total. The maximum absolute atomic E-state index is 11.6. The number of fused-ring (bicyclic) bond motifs is 1. The first kappa shape index (κ1) is 18.4. The molecule has 0 radical (unpaired) electrons. The van der Waals surface area contributed by atoms with E-state index in [1.165, 1.54) is 7.11 Å². The van der Waals surface area contributed by atoms with Crippen LogP contribution in [0.4, 0.5) is 11.5 Å². The van der Waals surface area contributed by atoms with Crippen LogP contribution < -0.4 is 10.1 Å². The lowest BCUT2D eigenvalue weighted by atomic mass is 10.0.